The number of likely N-dealkylation sites (N-methyl/N-ethyl adjacent to an activating group) is 1. The van der Waals surface area contributed by atoms with E-state index in [1.54, 1.807) is 7.11 Å². The summed E-state index contributed by atoms with van der Waals surface area (Å²) in [6, 6.07) is 0.377. The average molecular weight is 217 g/mol. The molecule has 0 spiro atoms. The Morgan fingerprint density at radius 3 is 2.40 bits per heavy atom. The Labute approximate surface area is 92.2 Å². The lowest BCUT2D eigenvalue weighted by atomic mass is 10.1. The number of hydrogen-bond donors (Lipinski definition) is 1. The van der Waals surface area contributed by atoms with Crippen LogP contribution in [0.4, 0.5) is 0 Å². The lowest BCUT2D eigenvalue weighted by molar-refractivity contribution is -0.138. The van der Waals surface area contributed by atoms with Gasteiger partial charge in [-0.25, -0.2) is 0 Å². The summed E-state index contributed by atoms with van der Waals surface area (Å²) in [6.07, 6.45) is 1.17. The molecule has 0 saturated heterocycles. The molecule has 4 heteroatoms. The van der Waals surface area contributed by atoms with E-state index < -0.39 is 5.97 Å². The van der Waals surface area contributed by atoms with E-state index in [1.807, 2.05) is 6.92 Å². The summed E-state index contributed by atoms with van der Waals surface area (Å²) in [5, 5.41) is 8.75. The first-order valence-electron chi connectivity index (χ1n) is 5.53. The first-order valence-corrected chi connectivity index (χ1v) is 5.53. The first kappa shape index (κ1) is 14.4. The van der Waals surface area contributed by atoms with Crippen LogP contribution in [0.3, 0.4) is 0 Å². The largest absolute Gasteiger partial charge is 0.481 e. The Kier molecular flexibility index (Phi) is 7.34. The molecule has 2 atom stereocenters. The Hall–Kier alpha value is -0.610. The van der Waals surface area contributed by atoms with Crippen LogP contribution in [-0.4, -0.2) is 48.3 Å². The molecule has 0 aromatic rings. The molecule has 2 unspecified atom stereocenters. The summed E-state index contributed by atoms with van der Waals surface area (Å²) >= 11 is 0. The third-order valence-electron chi connectivity index (χ3n) is 2.70. The standard InChI is InChI=1S/C11H23NO3/c1-5-10(8-15-4)12(6-2)9(3)7-11(13)14/h9-10H,5-8H2,1-4H3,(H,13,14). The summed E-state index contributed by atoms with van der Waals surface area (Å²) < 4.78 is 5.14. The average Bonchev–Trinajstić information content (AvgIpc) is 2.16. The monoisotopic (exact) mass is 217 g/mol. The third kappa shape index (κ3) is 5.14. The number of carbonyl (C=O) groups is 1. The van der Waals surface area contributed by atoms with E-state index in [-0.39, 0.29) is 12.5 Å². The molecule has 0 fully saturated rings. The van der Waals surface area contributed by atoms with Crippen molar-refractivity contribution in [2.24, 2.45) is 0 Å². The minimum absolute atomic E-state index is 0.0626. The molecule has 1 N–H and O–H groups in total. The van der Waals surface area contributed by atoms with Crippen LogP contribution in [-0.2, 0) is 9.53 Å². The molecule has 0 heterocycles. The molecule has 0 aromatic heterocycles. The summed E-state index contributed by atoms with van der Waals surface area (Å²) in [7, 11) is 1.68. The number of carboxylic acid groups (broad SMARTS) is 1. The smallest absolute Gasteiger partial charge is 0.304 e. The van der Waals surface area contributed by atoms with E-state index in [2.05, 4.69) is 18.7 Å². The van der Waals surface area contributed by atoms with Crippen LogP contribution in [0.5, 0.6) is 0 Å². The fraction of sp³-hybridized carbons (Fsp3) is 0.909. The highest BCUT2D eigenvalue weighted by molar-refractivity contribution is 5.67. The van der Waals surface area contributed by atoms with E-state index in [4.69, 9.17) is 9.84 Å². The van der Waals surface area contributed by atoms with Crippen molar-refractivity contribution in [1.29, 1.82) is 0 Å². The molecule has 0 bridgehead atoms. The van der Waals surface area contributed by atoms with Gasteiger partial charge in [0.25, 0.3) is 0 Å². The predicted molar refractivity (Wildman–Crippen MR) is 60.0 cm³/mol. The molecule has 4 nitrogen and oxygen atoms in total. The van der Waals surface area contributed by atoms with Crippen LogP contribution in [0, 0.1) is 0 Å². The van der Waals surface area contributed by atoms with Crippen molar-refractivity contribution >= 4 is 5.97 Å². The fourth-order valence-corrected chi connectivity index (χ4v) is 1.94. The molecule has 0 aromatic carbocycles. The van der Waals surface area contributed by atoms with Gasteiger partial charge in [0.05, 0.1) is 13.0 Å². The highest BCUT2D eigenvalue weighted by Gasteiger charge is 2.22. The minimum Gasteiger partial charge on any atom is -0.481 e. The van der Waals surface area contributed by atoms with Crippen molar-refractivity contribution in [2.75, 3.05) is 20.3 Å². The number of methoxy groups -OCH3 is 1. The van der Waals surface area contributed by atoms with Gasteiger partial charge in [-0.05, 0) is 19.9 Å². The molecule has 0 radical (unpaired) electrons. The Bertz CT molecular complexity index is 185. The van der Waals surface area contributed by atoms with Gasteiger partial charge in [-0.15, -0.1) is 0 Å². The maximum atomic E-state index is 10.6. The van der Waals surface area contributed by atoms with E-state index in [0.29, 0.717) is 12.6 Å². The van der Waals surface area contributed by atoms with E-state index >= 15 is 0 Å². The second-order valence-corrected chi connectivity index (χ2v) is 3.79. The van der Waals surface area contributed by atoms with Crippen LogP contribution in [0.2, 0.25) is 0 Å². The summed E-state index contributed by atoms with van der Waals surface area (Å²) in [5.74, 6) is -0.742. The quantitative estimate of drug-likeness (QED) is 0.671. The van der Waals surface area contributed by atoms with Gasteiger partial charge >= 0.3 is 5.97 Å². The molecule has 15 heavy (non-hydrogen) atoms. The van der Waals surface area contributed by atoms with Crippen LogP contribution in [0.15, 0.2) is 0 Å². The molecule has 0 aliphatic heterocycles. The highest BCUT2D eigenvalue weighted by Crippen LogP contribution is 2.12. The van der Waals surface area contributed by atoms with Crippen LogP contribution in [0.1, 0.15) is 33.6 Å². The number of carboxylic acids is 1. The Balaban J connectivity index is 4.34. The van der Waals surface area contributed by atoms with Gasteiger partial charge in [-0.2, -0.15) is 0 Å². The van der Waals surface area contributed by atoms with Gasteiger partial charge < -0.3 is 9.84 Å². The van der Waals surface area contributed by atoms with Gasteiger partial charge in [-0.1, -0.05) is 13.8 Å². The number of nitrogens with zero attached hydrogens (tertiary/aromatic N) is 1. The fourth-order valence-electron chi connectivity index (χ4n) is 1.94. The lowest BCUT2D eigenvalue weighted by Crippen LogP contribution is -2.44. The van der Waals surface area contributed by atoms with Crippen molar-refractivity contribution in [1.82, 2.24) is 4.90 Å². The molecule has 0 saturated carbocycles. The van der Waals surface area contributed by atoms with Crippen molar-refractivity contribution in [2.45, 2.75) is 45.7 Å². The van der Waals surface area contributed by atoms with E-state index in [1.165, 1.54) is 0 Å². The molecule has 0 aliphatic carbocycles. The first-order chi connectivity index (χ1) is 7.06. The normalized spacial score (nSPS) is 15.3. The number of hydrogen-bond acceptors (Lipinski definition) is 3. The number of aliphatic carboxylic acids is 1. The topological polar surface area (TPSA) is 49.8 Å². The Morgan fingerprint density at radius 1 is 1.47 bits per heavy atom. The van der Waals surface area contributed by atoms with Crippen LogP contribution < -0.4 is 0 Å². The van der Waals surface area contributed by atoms with Crippen LogP contribution >= 0.6 is 0 Å². The van der Waals surface area contributed by atoms with Crippen molar-refractivity contribution in [3.8, 4) is 0 Å². The minimum atomic E-state index is -0.742. The molecule has 0 aliphatic rings. The van der Waals surface area contributed by atoms with Crippen molar-refractivity contribution < 1.29 is 14.6 Å². The van der Waals surface area contributed by atoms with E-state index in [9.17, 15) is 4.79 Å². The second-order valence-electron chi connectivity index (χ2n) is 3.79. The number of rotatable bonds is 8. The molecule has 0 amide bonds. The number of ether oxygens (including phenoxy) is 1. The maximum Gasteiger partial charge on any atom is 0.304 e. The molecular formula is C11H23NO3. The summed E-state index contributed by atoms with van der Waals surface area (Å²) in [4.78, 5) is 12.8. The van der Waals surface area contributed by atoms with Crippen LogP contribution in [0.25, 0.3) is 0 Å². The van der Waals surface area contributed by atoms with Gasteiger partial charge in [0.15, 0.2) is 0 Å². The SMILES string of the molecule is CCC(COC)N(CC)C(C)CC(=O)O. The highest BCUT2D eigenvalue weighted by atomic mass is 16.5. The zero-order valence-corrected chi connectivity index (χ0v) is 10.2. The zero-order chi connectivity index (χ0) is 11.8. The summed E-state index contributed by atoms with van der Waals surface area (Å²) in [6.45, 7) is 7.62. The van der Waals surface area contributed by atoms with Gasteiger partial charge in [0, 0.05) is 19.2 Å². The van der Waals surface area contributed by atoms with E-state index in [0.717, 1.165) is 13.0 Å². The van der Waals surface area contributed by atoms with Crippen molar-refractivity contribution in [3.63, 3.8) is 0 Å². The Morgan fingerprint density at radius 2 is 2.07 bits per heavy atom. The van der Waals surface area contributed by atoms with Gasteiger partial charge in [-0.3, -0.25) is 9.69 Å². The van der Waals surface area contributed by atoms with Gasteiger partial charge in [0.1, 0.15) is 0 Å². The zero-order valence-electron chi connectivity index (χ0n) is 10.2. The molecule has 0 rings (SSSR count). The van der Waals surface area contributed by atoms with Gasteiger partial charge in [0.2, 0.25) is 0 Å². The lowest BCUT2D eigenvalue weighted by Gasteiger charge is -2.34. The maximum absolute atomic E-state index is 10.6. The second kappa shape index (κ2) is 7.65. The predicted octanol–water partition coefficient (Wildman–Crippen LogP) is 1.60. The third-order valence-corrected chi connectivity index (χ3v) is 2.70. The molecule has 90 valence electrons. The van der Waals surface area contributed by atoms with Crippen molar-refractivity contribution in [3.05, 3.63) is 0 Å². The molecular weight excluding hydrogens is 194 g/mol. The summed E-state index contributed by atoms with van der Waals surface area (Å²) in [5.41, 5.74) is 0.